The van der Waals surface area contributed by atoms with E-state index < -0.39 is 0 Å². The van der Waals surface area contributed by atoms with Crippen molar-refractivity contribution in [1.82, 2.24) is 9.55 Å². The molecule has 3 rings (SSSR count). The molecule has 0 radical (unpaired) electrons. The van der Waals surface area contributed by atoms with Gasteiger partial charge in [0.2, 0.25) is 0 Å². The number of fused-ring (bicyclic) bond motifs is 1. The number of imidazole rings is 1. The minimum atomic E-state index is -0.252. The zero-order valence-corrected chi connectivity index (χ0v) is 12.1. The third-order valence-electron chi connectivity index (χ3n) is 4.57. The summed E-state index contributed by atoms with van der Waals surface area (Å²) in [6.45, 7) is 4.44. The zero-order chi connectivity index (χ0) is 13.6. The van der Waals surface area contributed by atoms with Crippen LogP contribution in [0.4, 0.5) is 0 Å². The van der Waals surface area contributed by atoms with Crippen LogP contribution in [0.5, 0.6) is 0 Å². The van der Waals surface area contributed by atoms with Crippen LogP contribution in [0.2, 0.25) is 0 Å². The van der Waals surface area contributed by atoms with Crippen molar-refractivity contribution in [3.05, 3.63) is 29.6 Å². The van der Waals surface area contributed by atoms with Crippen LogP contribution in [0.25, 0.3) is 11.0 Å². The van der Waals surface area contributed by atoms with E-state index in [1.807, 2.05) is 0 Å². The third kappa shape index (κ3) is 1.96. The fraction of sp³-hybridized carbons (Fsp3) is 0.562. The maximum Gasteiger partial charge on any atom is 0.129 e. The number of para-hydroxylation sites is 1. The van der Waals surface area contributed by atoms with Gasteiger partial charge in [-0.1, -0.05) is 31.9 Å². The molecule has 19 heavy (non-hydrogen) atoms. The number of benzene rings is 1. The van der Waals surface area contributed by atoms with Crippen molar-refractivity contribution in [3.8, 4) is 0 Å². The minimum absolute atomic E-state index is 0.252. The summed E-state index contributed by atoms with van der Waals surface area (Å²) in [6.07, 6.45) is 4.60. The highest BCUT2D eigenvalue weighted by atomic mass is 15.1. The minimum Gasteiger partial charge on any atom is -0.329 e. The quantitative estimate of drug-likeness (QED) is 0.852. The topological polar surface area (TPSA) is 43.8 Å². The number of rotatable bonds is 1. The number of aryl methyl sites for hydroxylation is 2. The summed E-state index contributed by atoms with van der Waals surface area (Å²) in [5, 5.41) is 0. The van der Waals surface area contributed by atoms with Crippen LogP contribution in [0, 0.1) is 12.8 Å². The summed E-state index contributed by atoms with van der Waals surface area (Å²) in [5.74, 6) is 1.75. The van der Waals surface area contributed by atoms with Gasteiger partial charge in [-0.2, -0.15) is 0 Å². The molecule has 1 heterocycles. The van der Waals surface area contributed by atoms with Gasteiger partial charge in [0.1, 0.15) is 5.82 Å². The molecule has 0 spiro atoms. The molecule has 2 atom stereocenters. The van der Waals surface area contributed by atoms with Crippen molar-refractivity contribution >= 4 is 11.0 Å². The molecule has 1 aliphatic rings. The summed E-state index contributed by atoms with van der Waals surface area (Å²) in [7, 11) is 2.10. The smallest absolute Gasteiger partial charge is 0.129 e. The molecule has 2 N–H and O–H groups in total. The highest BCUT2D eigenvalue weighted by molar-refractivity contribution is 5.79. The fourth-order valence-corrected chi connectivity index (χ4v) is 3.71. The second-order valence-corrected chi connectivity index (χ2v) is 6.29. The van der Waals surface area contributed by atoms with Crippen molar-refractivity contribution in [2.75, 3.05) is 0 Å². The standard InChI is InChI=1S/C16H23N3/c1-11-6-5-9-16(17,10-11)15-18-13-8-4-7-12(2)14(13)19(15)3/h4,7-8,11H,5-6,9-10,17H2,1-3H3. The Kier molecular flexibility index (Phi) is 2.90. The molecule has 2 unspecified atom stereocenters. The van der Waals surface area contributed by atoms with Crippen LogP contribution in [0.15, 0.2) is 18.2 Å². The van der Waals surface area contributed by atoms with E-state index in [2.05, 4.69) is 43.7 Å². The molecule has 3 heteroatoms. The first-order valence-corrected chi connectivity index (χ1v) is 7.23. The first-order valence-electron chi connectivity index (χ1n) is 7.23. The SMILES string of the molecule is Cc1cccc2nc(C3(N)CCCC(C)C3)n(C)c12. The van der Waals surface area contributed by atoms with E-state index in [-0.39, 0.29) is 5.54 Å². The highest BCUT2D eigenvalue weighted by Gasteiger charge is 2.36. The summed E-state index contributed by atoms with van der Waals surface area (Å²) >= 11 is 0. The van der Waals surface area contributed by atoms with E-state index in [0.29, 0.717) is 5.92 Å². The van der Waals surface area contributed by atoms with Gasteiger partial charge in [0.15, 0.2) is 0 Å². The molecular formula is C16H23N3. The summed E-state index contributed by atoms with van der Waals surface area (Å²) < 4.78 is 2.21. The fourth-order valence-electron chi connectivity index (χ4n) is 3.71. The van der Waals surface area contributed by atoms with Gasteiger partial charge in [0.25, 0.3) is 0 Å². The molecular weight excluding hydrogens is 234 g/mol. The van der Waals surface area contributed by atoms with Crippen LogP contribution in [0.1, 0.15) is 44.0 Å². The predicted molar refractivity (Wildman–Crippen MR) is 78.9 cm³/mol. The van der Waals surface area contributed by atoms with E-state index in [9.17, 15) is 0 Å². The molecule has 0 aliphatic heterocycles. The lowest BCUT2D eigenvalue weighted by Gasteiger charge is -2.36. The van der Waals surface area contributed by atoms with E-state index in [1.165, 1.54) is 23.9 Å². The molecule has 0 bridgehead atoms. The van der Waals surface area contributed by atoms with Crippen molar-refractivity contribution in [3.63, 3.8) is 0 Å². The van der Waals surface area contributed by atoms with Crippen molar-refractivity contribution < 1.29 is 0 Å². The second kappa shape index (κ2) is 4.34. The van der Waals surface area contributed by atoms with E-state index >= 15 is 0 Å². The molecule has 0 saturated heterocycles. The van der Waals surface area contributed by atoms with Gasteiger partial charge in [-0.3, -0.25) is 0 Å². The third-order valence-corrected chi connectivity index (χ3v) is 4.57. The van der Waals surface area contributed by atoms with Gasteiger partial charge in [-0.15, -0.1) is 0 Å². The van der Waals surface area contributed by atoms with E-state index in [0.717, 1.165) is 24.2 Å². The van der Waals surface area contributed by atoms with Crippen LogP contribution < -0.4 is 5.73 Å². The Labute approximate surface area is 114 Å². The van der Waals surface area contributed by atoms with Gasteiger partial charge in [-0.05, 0) is 37.3 Å². The van der Waals surface area contributed by atoms with Gasteiger partial charge >= 0.3 is 0 Å². The number of nitrogens with two attached hydrogens (primary N) is 1. The van der Waals surface area contributed by atoms with Gasteiger partial charge < -0.3 is 10.3 Å². The molecule has 1 saturated carbocycles. The Bertz CT molecular complexity index is 614. The summed E-state index contributed by atoms with van der Waals surface area (Å²) in [5.41, 5.74) is 10.0. The first-order chi connectivity index (χ1) is 9.01. The molecule has 1 fully saturated rings. The number of aromatic nitrogens is 2. The lowest BCUT2D eigenvalue weighted by atomic mass is 9.76. The number of hydrogen-bond acceptors (Lipinski definition) is 2. The molecule has 1 aliphatic carbocycles. The average Bonchev–Trinajstić information content (AvgIpc) is 2.68. The monoisotopic (exact) mass is 257 g/mol. The average molecular weight is 257 g/mol. The Morgan fingerprint density at radius 3 is 2.89 bits per heavy atom. The largest absolute Gasteiger partial charge is 0.329 e. The lowest BCUT2D eigenvalue weighted by Crippen LogP contribution is -2.43. The van der Waals surface area contributed by atoms with Gasteiger partial charge in [0.05, 0.1) is 16.6 Å². The van der Waals surface area contributed by atoms with E-state index in [1.54, 1.807) is 0 Å². The van der Waals surface area contributed by atoms with Crippen LogP contribution in [-0.4, -0.2) is 9.55 Å². The summed E-state index contributed by atoms with van der Waals surface area (Å²) in [4.78, 5) is 4.84. The van der Waals surface area contributed by atoms with Crippen LogP contribution in [0.3, 0.4) is 0 Å². The predicted octanol–water partition coefficient (Wildman–Crippen LogP) is 3.25. The molecule has 1 aromatic heterocycles. The number of hydrogen-bond donors (Lipinski definition) is 1. The van der Waals surface area contributed by atoms with E-state index in [4.69, 9.17) is 10.7 Å². The van der Waals surface area contributed by atoms with Gasteiger partial charge in [-0.25, -0.2) is 4.98 Å². The highest BCUT2D eigenvalue weighted by Crippen LogP contribution is 2.38. The second-order valence-electron chi connectivity index (χ2n) is 6.29. The number of nitrogens with zero attached hydrogens (tertiary/aromatic N) is 2. The maximum absolute atomic E-state index is 6.70. The van der Waals surface area contributed by atoms with Crippen molar-refractivity contribution in [2.45, 2.75) is 45.1 Å². The zero-order valence-electron chi connectivity index (χ0n) is 12.1. The first kappa shape index (κ1) is 12.7. The maximum atomic E-state index is 6.70. The van der Waals surface area contributed by atoms with Crippen LogP contribution in [-0.2, 0) is 12.6 Å². The Balaban J connectivity index is 2.15. The Hall–Kier alpha value is -1.35. The molecule has 0 amide bonds. The normalized spacial score (nSPS) is 27.9. The summed E-state index contributed by atoms with van der Waals surface area (Å²) in [6, 6.07) is 6.29. The molecule has 102 valence electrons. The van der Waals surface area contributed by atoms with Crippen molar-refractivity contribution in [1.29, 1.82) is 0 Å². The molecule has 2 aromatic rings. The molecule has 3 nitrogen and oxygen atoms in total. The van der Waals surface area contributed by atoms with Gasteiger partial charge in [0, 0.05) is 7.05 Å². The van der Waals surface area contributed by atoms with Crippen molar-refractivity contribution in [2.24, 2.45) is 18.7 Å². The Morgan fingerprint density at radius 1 is 1.42 bits per heavy atom. The van der Waals surface area contributed by atoms with Crippen LogP contribution >= 0.6 is 0 Å². The molecule has 1 aromatic carbocycles. The Morgan fingerprint density at radius 2 is 2.21 bits per heavy atom. The lowest BCUT2D eigenvalue weighted by molar-refractivity contribution is 0.225.